The number of allylic oxidation sites excluding steroid dienone is 1. The Morgan fingerprint density at radius 2 is 1.95 bits per heavy atom. The highest BCUT2D eigenvalue weighted by molar-refractivity contribution is 5.78. The molecule has 5 heteroatoms. The summed E-state index contributed by atoms with van der Waals surface area (Å²) in [6.07, 6.45) is 2.13. The van der Waals surface area contributed by atoms with Gasteiger partial charge in [0, 0.05) is 7.11 Å². The van der Waals surface area contributed by atoms with E-state index in [4.69, 9.17) is 18.9 Å². The molecule has 0 N–H and O–H groups in total. The third-order valence-corrected chi connectivity index (χ3v) is 3.21. The molecule has 2 rings (SSSR count). The minimum atomic E-state index is -0.766. The first kappa shape index (κ1) is 14.5. The summed E-state index contributed by atoms with van der Waals surface area (Å²) >= 11 is 0. The standard InChI is InChI=1S/C14H22O5/c1-8(2)6-7-9-10-11(19-14(3,4)18-9)12(16-5)13(15)17-10/h6-12H,1-5H3/b7-6+/t9-,10+,11-,12-/m1/s1. The van der Waals surface area contributed by atoms with E-state index in [-0.39, 0.29) is 12.1 Å². The summed E-state index contributed by atoms with van der Waals surface area (Å²) in [5.41, 5.74) is 0. The van der Waals surface area contributed by atoms with E-state index in [2.05, 4.69) is 13.8 Å². The molecule has 2 aliphatic heterocycles. The van der Waals surface area contributed by atoms with E-state index in [0.717, 1.165) is 0 Å². The number of hydrogen-bond acceptors (Lipinski definition) is 5. The second kappa shape index (κ2) is 5.23. The quantitative estimate of drug-likeness (QED) is 0.576. The van der Waals surface area contributed by atoms with Crippen molar-refractivity contribution in [2.24, 2.45) is 5.92 Å². The minimum Gasteiger partial charge on any atom is -0.454 e. The van der Waals surface area contributed by atoms with Crippen LogP contribution in [0, 0.1) is 5.92 Å². The Morgan fingerprint density at radius 3 is 2.53 bits per heavy atom. The van der Waals surface area contributed by atoms with Crippen molar-refractivity contribution in [1.29, 1.82) is 0 Å². The van der Waals surface area contributed by atoms with E-state index < -0.39 is 24.1 Å². The first-order valence-electron chi connectivity index (χ1n) is 6.61. The molecule has 0 amide bonds. The zero-order chi connectivity index (χ0) is 14.2. The van der Waals surface area contributed by atoms with Crippen molar-refractivity contribution in [2.45, 2.75) is 57.9 Å². The lowest BCUT2D eigenvalue weighted by atomic mass is 10.0. The van der Waals surface area contributed by atoms with Gasteiger partial charge in [0.2, 0.25) is 0 Å². The molecule has 0 radical (unpaired) electrons. The van der Waals surface area contributed by atoms with Crippen molar-refractivity contribution in [1.82, 2.24) is 0 Å². The number of carbonyl (C=O) groups is 1. The van der Waals surface area contributed by atoms with E-state index in [9.17, 15) is 4.79 Å². The van der Waals surface area contributed by atoms with Crippen LogP contribution in [0.3, 0.4) is 0 Å². The molecule has 0 aromatic heterocycles. The number of rotatable bonds is 3. The topological polar surface area (TPSA) is 54.0 Å². The van der Waals surface area contributed by atoms with Crippen molar-refractivity contribution in [3.05, 3.63) is 12.2 Å². The van der Waals surface area contributed by atoms with Gasteiger partial charge < -0.3 is 18.9 Å². The molecule has 0 unspecified atom stereocenters. The Bertz CT molecular complexity index is 374. The van der Waals surface area contributed by atoms with Crippen LogP contribution in [0.1, 0.15) is 27.7 Å². The maximum absolute atomic E-state index is 11.8. The smallest absolute Gasteiger partial charge is 0.338 e. The zero-order valence-corrected chi connectivity index (χ0v) is 12.1. The molecule has 0 bridgehead atoms. The van der Waals surface area contributed by atoms with Crippen LogP contribution in [0.15, 0.2) is 12.2 Å². The molecule has 5 nitrogen and oxygen atoms in total. The SMILES string of the molecule is CO[C@H]1C(=O)O[C@@H]2[C@H]1OC(C)(C)O[C@@H]2/C=C/C(C)C. The predicted molar refractivity (Wildman–Crippen MR) is 68.5 cm³/mol. The molecule has 0 saturated carbocycles. The molecule has 0 aromatic carbocycles. The van der Waals surface area contributed by atoms with Gasteiger partial charge in [-0.15, -0.1) is 0 Å². The second-order valence-electron chi connectivity index (χ2n) is 5.75. The first-order valence-corrected chi connectivity index (χ1v) is 6.61. The zero-order valence-electron chi connectivity index (χ0n) is 12.1. The maximum Gasteiger partial charge on any atom is 0.338 e. The number of esters is 1. The highest BCUT2D eigenvalue weighted by Gasteiger charge is 2.55. The molecule has 4 atom stereocenters. The number of fused-ring (bicyclic) bond motifs is 1. The van der Waals surface area contributed by atoms with Crippen LogP contribution in [0.4, 0.5) is 0 Å². The molecule has 2 heterocycles. The third kappa shape index (κ3) is 2.99. The number of methoxy groups -OCH3 is 1. The lowest BCUT2D eigenvalue weighted by Gasteiger charge is -2.41. The summed E-state index contributed by atoms with van der Waals surface area (Å²) in [7, 11) is 1.49. The minimum absolute atomic E-state index is 0.305. The van der Waals surface area contributed by atoms with E-state index >= 15 is 0 Å². The van der Waals surface area contributed by atoms with Gasteiger partial charge in [-0.1, -0.05) is 26.0 Å². The fraction of sp³-hybridized carbons (Fsp3) is 0.786. The van der Waals surface area contributed by atoms with E-state index in [1.165, 1.54) is 7.11 Å². The van der Waals surface area contributed by atoms with Crippen molar-refractivity contribution >= 4 is 5.97 Å². The van der Waals surface area contributed by atoms with Crippen LogP contribution >= 0.6 is 0 Å². The Kier molecular flexibility index (Phi) is 3.99. The summed E-state index contributed by atoms with van der Waals surface area (Å²) in [6, 6.07) is 0. The molecular formula is C14H22O5. The van der Waals surface area contributed by atoms with Gasteiger partial charge in [0.25, 0.3) is 0 Å². The van der Waals surface area contributed by atoms with Crippen LogP contribution in [0.5, 0.6) is 0 Å². The summed E-state index contributed by atoms with van der Waals surface area (Å²) in [4.78, 5) is 11.8. The van der Waals surface area contributed by atoms with Crippen LogP contribution in [-0.2, 0) is 23.7 Å². The Hall–Kier alpha value is -0.910. The highest BCUT2D eigenvalue weighted by atomic mass is 16.8. The lowest BCUT2D eigenvalue weighted by molar-refractivity contribution is -0.318. The Labute approximate surface area is 113 Å². The summed E-state index contributed by atoms with van der Waals surface area (Å²) in [5, 5.41) is 0. The predicted octanol–water partition coefficient (Wildman–Crippen LogP) is 1.66. The van der Waals surface area contributed by atoms with Gasteiger partial charge in [-0.3, -0.25) is 0 Å². The fourth-order valence-electron chi connectivity index (χ4n) is 2.42. The van der Waals surface area contributed by atoms with E-state index in [0.29, 0.717) is 5.92 Å². The monoisotopic (exact) mass is 270 g/mol. The Morgan fingerprint density at radius 1 is 1.26 bits per heavy atom. The molecular weight excluding hydrogens is 248 g/mol. The molecule has 0 aliphatic carbocycles. The van der Waals surface area contributed by atoms with Gasteiger partial charge in [-0.25, -0.2) is 4.79 Å². The highest BCUT2D eigenvalue weighted by Crippen LogP contribution is 2.36. The van der Waals surface area contributed by atoms with Crippen LogP contribution in [-0.4, -0.2) is 43.3 Å². The van der Waals surface area contributed by atoms with E-state index in [1.807, 2.05) is 26.0 Å². The van der Waals surface area contributed by atoms with Gasteiger partial charge in [-0.05, 0) is 19.8 Å². The molecule has 19 heavy (non-hydrogen) atoms. The molecule has 2 aliphatic rings. The molecule has 2 fully saturated rings. The normalized spacial score (nSPS) is 37.7. The molecule has 108 valence electrons. The second-order valence-corrected chi connectivity index (χ2v) is 5.75. The first-order chi connectivity index (χ1) is 8.84. The Balaban J connectivity index is 2.22. The molecule has 2 saturated heterocycles. The van der Waals surface area contributed by atoms with Crippen LogP contribution < -0.4 is 0 Å². The van der Waals surface area contributed by atoms with Crippen LogP contribution in [0.2, 0.25) is 0 Å². The van der Waals surface area contributed by atoms with E-state index in [1.54, 1.807) is 0 Å². The fourth-order valence-corrected chi connectivity index (χ4v) is 2.42. The summed E-state index contributed by atoms with van der Waals surface area (Å²) in [6.45, 7) is 7.82. The van der Waals surface area contributed by atoms with Gasteiger partial charge in [0.1, 0.15) is 12.2 Å². The number of hydrogen-bond donors (Lipinski definition) is 0. The maximum atomic E-state index is 11.8. The van der Waals surface area contributed by atoms with Crippen molar-refractivity contribution in [3.63, 3.8) is 0 Å². The van der Waals surface area contributed by atoms with Crippen LogP contribution in [0.25, 0.3) is 0 Å². The third-order valence-electron chi connectivity index (χ3n) is 3.21. The van der Waals surface area contributed by atoms with Gasteiger partial charge in [0.15, 0.2) is 18.0 Å². The summed E-state index contributed by atoms with van der Waals surface area (Å²) < 4.78 is 22.1. The summed E-state index contributed by atoms with van der Waals surface area (Å²) in [5.74, 6) is -0.747. The van der Waals surface area contributed by atoms with Gasteiger partial charge in [-0.2, -0.15) is 0 Å². The molecule has 0 aromatic rings. The number of carbonyl (C=O) groups excluding carboxylic acids is 1. The van der Waals surface area contributed by atoms with Gasteiger partial charge >= 0.3 is 5.97 Å². The average Bonchev–Trinajstić information content (AvgIpc) is 2.60. The largest absolute Gasteiger partial charge is 0.454 e. The van der Waals surface area contributed by atoms with Crippen molar-refractivity contribution in [3.8, 4) is 0 Å². The van der Waals surface area contributed by atoms with Gasteiger partial charge in [0.05, 0.1) is 0 Å². The average molecular weight is 270 g/mol. The van der Waals surface area contributed by atoms with Crippen molar-refractivity contribution < 1.29 is 23.7 Å². The van der Waals surface area contributed by atoms with Crippen molar-refractivity contribution in [2.75, 3.05) is 7.11 Å². The lowest BCUT2D eigenvalue weighted by Crippen LogP contribution is -2.54. The number of ether oxygens (including phenoxy) is 4. The molecule has 0 spiro atoms.